The van der Waals surface area contributed by atoms with Crippen LogP contribution in [-0.2, 0) is 10.0 Å². The lowest BCUT2D eigenvalue weighted by Crippen LogP contribution is -2.29. The van der Waals surface area contributed by atoms with Gasteiger partial charge >= 0.3 is 0 Å². The average molecular weight is 441 g/mol. The van der Waals surface area contributed by atoms with E-state index in [2.05, 4.69) is 11.4 Å². The Morgan fingerprint density at radius 2 is 1.68 bits per heavy atom. The Bertz CT molecular complexity index is 1210. The molecule has 0 radical (unpaired) electrons. The Morgan fingerprint density at radius 1 is 1.00 bits per heavy atom. The first-order valence-corrected chi connectivity index (χ1v) is 11.3. The van der Waals surface area contributed by atoms with Gasteiger partial charge in [-0.25, -0.2) is 12.8 Å². The fraction of sp³-hybridized carbons (Fsp3) is 0.208. The Hall–Kier alpha value is -3.19. The summed E-state index contributed by atoms with van der Waals surface area (Å²) >= 11 is 0. The van der Waals surface area contributed by atoms with E-state index in [-0.39, 0.29) is 22.4 Å². The van der Waals surface area contributed by atoms with Crippen molar-refractivity contribution in [2.75, 3.05) is 11.4 Å². The number of aryl methyl sites for hydroxylation is 2. The quantitative estimate of drug-likeness (QED) is 0.601. The molecule has 1 amide bonds. The number of nitrogens with zero attached hydrogens (tertiary/aromatic N) is 1. The first-order valence-electron chi connectivity index (χ1n) is 9.82. The number of sulfonamides is 1. The fourth-order valence-corrected chi connectivity index (χ4v) is 4.66. The Balaban J connectivity index is 1.83. The lowest BCUT2D eigenvalue weighted by molar-refractivity contribution is 0.0939. The highest BCUT2D eigenvalue weighted by atomic mass is 32.2. The van der Waals surface area contributed by atoms with Gasteiger partial charge in [0.15, 0.2) is 0 Å². The molecule has 0 aliphatic heterocycles. The third kappa shape index (κ3) is 4.94. The number of carbonyl (C=O) groups excluding carboxylic acids is 1. The highest BCUT2D eigenvalue weighted by Crippen LogP contribution is 2.24. The summed E-state index contributed by atoms with van der Waals surface area (Å²) in [6.45, 7) is 5.89. The van der Waals surface area contributed by atoms with Gasteiger partial charge in [-0.05, 0) is 74.4 Å². The molecule has 0 aliphatic rings. The van der Waals surface area contributed by atoms with Crippen LogP contribution in [0.4, 0.5) is 10.1 Å². The summed E-state index contributed by atoms with van der Waals surface area (Å²) in [4.78, 5) is 12.8. The van der Waals surface area contributed by atoms with Gasteiger partial charge in [-0.15, -0.1) is 0 Å². The van der Waals surface area contributed by atoms with Crippen LogP contribution in [0.1, 0.15) is 40.0 Å². The number of hydrogen-bond acceptors (Lipinski definition) is 3. The van der Waals surface area contributed by atoms with Gasteiger partial charge in [0.25, 0.3) is 15.9 Å². The van der Waals surface area contributed by atoms with Crippen molar-refractivity contribution in [3.63, 3.8) is 0 Å². The summed E-state index contributed by atoms with van der Waals surface area (Å²) in [5.74, 6) is -0.819. The molecule has 7 heteroatoms. The fourth-order valence-electron chi connectivity index (χ4n) is 3.41. The van der Waals surface area contributed by atoms with Crippen LogP contribution in [0.2, 0.25) is 0 Å². The lowest BCUT2D eigenvalue weighted by atomic mass is 10.00. The zero-order valence-electron chi connectivity index (χ0n) is 17.9. The van der Waals surface area contributed by atoms with Crippen molar-refractivity contribution in [2.45, 2.75) is 31.7 Å². The van der Waals surface area contributed by atoms with Crippen molar-refractivity contribution in [2.24, 2.45) is 0 Å². The molecular formula is C24H25FN2O3S. The van der Waals surface area contributed by atoms with E-state index < -0.39 is 15.8 Å². The van der Waals surface area contributed by atoms with Crippen molar-refractivity contribution in [1.82, 2.24) is 5.32 Å². The monoisotopic (exact) mass is 440 g/mol. The normalized spacial score (nSPS) is 12.3. The summed E-state index contributed by atoms with van der Waals surface area (Å²) in [5, 5.41) is 2.93. The third-order valence-corrected chi connectivity index (χ3v) is 6.97. The lowest BCUT2D eigenvalue weighted by Gasteiger charge is -2.20. The Labute approximate surface area is 182 Å². The van der Waals surface area contributed by atoms with Crippen LogP contribution in [0.3, 0.4) is 0 Å². The smallest absolute Gasteiger partial charge is 0.264 e. The zero-order chi connectivity index (χ0) is 22.8. The summed E-state index contributed by atoms with van der Waals surface area (Å²) < 4.78 is 40.3. The van der Waals surface area contributed by atoms with E-state index in [1.54, 1.807) is 6.07 Å². The molecular weight excluding hydrogens is 415 g/mol. The largest absolute Gasteiger partial charge is 0.346 e. The number of rotatable bonds is 6. The molecule has 0 saturated carbocycles. The number of anilines is 1. The van der Waals surface area contributed by atoms with Crippen LogP contribution in [0.25, 0.3) is 0 Å². The van der Waals surface area contributed by atoms with E-state index in [1.807, 2.05) is 32.9 Å². The van der Waals surface area contributed by atoms with E-state index in [0.29, 0.717) is 5.69 Å². The van der Waals surface area contributed by atoms with Gasteiger partial charge in [-0.3, -0.25) is 9.10 Å². The molecule has 3 aromatic carbocycles. The van der Waals surface area contributed by atoms with E-state index >= 15 is 0 Å². The average Bonchev–Trinajstić information content (AvgIpc) is 2.73. The van der Waals surface area contributed by atoms with E-state index in [4.69, 9.17) is 0 Å². The molecule has 0 fully saturated rings. The zero-order valence-corrected chi connectivity index (χ0v) is 18.7. The summed E-state index contributed by atoms with van der Waals surface area (Å²) in [6, 6.07) is 16.8. The van der Waals surface area contributed by atoms with Crippen molar-refractivity contribution >= 4 is 21.6 Å². The summed E-state index contributed by atoms with van der Waals surface area (Å²) in [7, 11) is -2.54. The number of hydrogen-bond donors (Lipinski definition) is 1. The molecule has 162 valence electrons. The van der Waals surface area contributed by atoms with Gasteiger partial charge < -0.3 is 5.32 Å². The highest BCUT2D eigenvalue weighted by Gasteiger charge is 2.23. The second-order valence-electron chi connectivity index (χ2n) is 7.53. The predicted octanol–water partition coefficient (Wildman–Crippen LogP) is 4.76. The number of nitrogens with one attached hydrogen (secondary N) is 1. The third-order valence-electron chi connectivity index (χ3n) is 5.18. The molecule has 1 N–H and O–H groups in total. The Morgan fingerprint density at radius 3 is 2.32 bits per heavy atom. The van der Waals surface area contributed by atoms with E-state index in [0.717, 1.165) is 21.0 Å². The maximum atomic E-state index is 13.2. The Kier molecular flexibility index (Phi) is 6.45. The first-order chi connectivity index (χ1) is 14.6. The molecule has 3 rings (SSSR count). The minimum atomic E-state index is -3.92. The van der Waals surface area contributed by atoms with Crippen molar-refractivity contribution in [3.05, 3.63) is 94.8 Å². The SMILES string of the molecule is Cc1ccc([C@@H](C)NC(=O)c2cccc(S(=O)(=O)N(C)c3ccc(F)cc3)c2)c(C)c1. The van der Waals surface area contributed by atoms with Crippen molar-refractivity contribution in [1.29, 1.82) is 0 Å². The standard InChI is InChI=1S/C24H25FN2O3S/c1-16-8-13-23(17(2)14-16)18(3)26-24(28)19-6-5-7-22(15-19)31(29,30)27(4)21-11-9-20(25)10-12-21/h5-15,18H,1-4H3,(H,26,28)/t18-/m1/s1. The van der Waals surface area contributed by atoms with Crippen LogP contribution in [0, 0.1) is 19.7 Å². The summed E-state index contributed by atoms with van der Waals surface area (Å²) in [5.41, 5.74) is 3.77. The number of halogens is 1. The van der Waals surface area contributed by atoms with Crippen molar-refractivity contribution in [3.8, 4) is 0 Å². The molecule has 0 heterocycles. The number of carbonyl (C=O) groups is 1. The second kappa shape index (κ2) is 8.89. The maximum Gasteiger partial charge on any atom is 0.264 e. The van der Waals surface area contributed by atoms with Crippen LogP contribution >= 0.6 is 0 Å². The predicted molar refractivity (Wildman–Crippen MR) is 120 cm³/mol. The van der Waals surface area contributed by atoms with Gasteiger partial charge in [0.2, 0.25) is 0 Å². The minimum absolute atomic E-state index is 0.0221. The highest BCUT2D eigenvalue weighted by molar-refractivity contribution is 7.92. The van der Waals surface area contributed by atoms with Crippen LogP contribution in [-0.4, -0.2) is 21.4 Å². The summed E-state index contributed by atoms with van der Waals surface area (Å²) in [6.07, 6.45) is 0. The molecule has 1 atom stereocenters. The first kappa shape index (κ1) is 22.5. The van der Waals surface area contributed by atoms with Crippen LogP contribution < -0.4 is 9.62 Å². The van der Waals surface area contributed by atoms with Gasteiger partial charge in [-0.2, -0.15) is 0 Å². The van der Waals surface area contributed by atoms with Crippen LogP contribution in [0.15, 0.2) is 71.6 Å². The molecule has 0 spiro atoms. The van der Waals surface area contributed by atoms with Gasteiger partial charge in [0.05, 0.1) is 16.6 Å². The van der Waals surface area contributed by atoms with Crippen LogP contribution in [0.5, 0.6) is 0 Å². The number of amides is 1. The molecule has 0 aromatic heterocycles. The molecule has 0 saturated heterocycles. The topological polar surface area (TPSA) is 66.5 Å². The molecule has 0 bridgehead atoms. The molecule has 3 aromatic rings. The number of benzene rings is 3. The molecule has 5 nitrogen and oxygen atoms in total. The molecule has 0 aliphatic carbocycles. The minimum Gasteiger partial charge on any atom is -0.346 e. The van der Waals surface area contributed by atoms with E-state index in [1.165, 1.54) is 49.5 Å². The van der Waals surface area contributed by atoms with Crippen molar-refractivity contribution < 1.29 is 17.6 Å². The van der Waals surface area contributed by atoms with Gasteiger partial charge in [-0.1, -0.05) is 29.8 Å². The van der Waals surface area contributed by atoms with Gasteiger partial charge in [0, 0.05) is 12.6 Å². The maximum absolute atomic E-state index is 13.2. The molecule has 31 heavy (non-hydrogen) atoms. The second-order valence-corrected chi connectivity index (χ2v) is 9.50. The molecule has 0 unspecified atom stereocenters. The van der Waals surface area contributed by atoms with E-state index in [9.17, 15) is 17.6 Å². The van der Waals surface area contributed by atoms with Gasteiger partial charge in [0.1, 0.15) is 5.82 Å².